The molecule has 26 heavy (non-hydrogen) atoms. The molecule has 6 nitrogen and oxygen atoms in total. The van der Waals surface area contributed by atoms with Crippen molar-refractivity contribution in [3.8, 4) is 0 Å². The molecule has 2 heterocycles. The van der Waals surface area contributed by atoms with Crippen LogP contribution in [-0.2, 0) is 19.4 Å². The lowest BCUT2D eigenvalue weighted by Gasteiger charge is -2.33. The number of esters is 1. The van der Waals surface area contributed by atoms with E-state index in [1.54, 1.807) is 11.0 Å². The Balaban J connectivity index is 1.85. The second-order valence-corrected chi connectivity index (χ2v) is 8.83. The zero-order valence-corrected chi connectivity index (χ0v) is 15.4. The van der Waals surface area contributed by atoms with Crippen molar-refractivity contribution >= 4 is 27.2 Å². The molecule has 0 aromatic heterocycles. The van der Waals surface area contributed by atoms with Crippen LogP contribution in [-0.4, -0.2) is 40.6 Å². The molecule has 140 valence electrons. The molecular weight excluding hydrogens is 359 g/mol. The predicted molar refractivity (Wildman–Crippen MR) is 95.2 cm³/mol. The number of rotatable bonds is 3. The Bertz CT molecular complexity index is 887. The van der Waals surface area contributed by atoms with E-state index >= 15 is 0 Å². The number of nitrogens with zero attached hydrogens (tertiary/aromatic N) is 2. The predicted octanol–water partition coefficient (Wildman–Crippen LogP) is 2.59. The number of hydrogen-bond donors (Lipinski definition) is 0. The van der Waals surface area contributed by atoms with Crippen molar-refractivity contribution in [1.29, 1.82) is 0 Å². The minimum absolute atomic E-state index is 0.128. The zero-order valence-electron chi connectivity index (χ0n) is 14.6. The Morgan fingerprint density at radius 1 is 1.15 bits per heavy atom. The number of hydrogen-bond acceptors (Lipinski definition) is 6. The fraction of sp³-hybridized carbons (Fsp3) is 0.500. The van der Waals surface area contributed by atoms with Crippen LogP contribution < -0.4 is 9.80 Å². The van der Waals surface area contributed by atoms with Gasteiger partial charge in [0.05, 0.1) is 23.4 Å². The second-order valence-electron chi connectivity index (χ2n) is 6.95. The maximum Gasteiger partial charge on any atom is 0.351 e. The quantitative estimate of drug-likeness (QED) is 0.751. The van der Waals surface area contributed by atoms with E-state index < -0.39 is 26.5 Å². The highest BCUT2D eigenvalue weighted by molar-refractivity contribution is 7.96. The molecule has 0 bridgehead atoms. The molecule has 0 N–H and O–H groups in total. The van der Waals surface area contributed by atoms with E-state index in [-0.39, 0.29) is 10.9 Å². The molecule has 0 unspecified atom stereocenters. The van der Waals surface area contributed by atoms with E-state index in [1.807, 2.05) is 4.90 Å². The molecule has 1 aliphatic carbocycles. The van der Waals surface area contributed by atoms with Crippen molar-refractivity contribution in [3.63, 3.8) is 0 Å². The van der Waals surface area contributed by atoms with Gasteiger partial charge in [-0.25, -0.2) is 17.6 Å². The van der Waals surface area contributed by atoms with Gasteiger partial charge in [-0.05, 0) is 44.2 Å². The molecule has 2 aliphatic heterocycles. The van der Waals surface area contributed by atoms with Gasteiger partial charge >= 0.3 is 5.97 Å². The van der Waals surface area contributed by atoms with Gasteiger partial charge in [-0.1, -0.05) is 0 Å². The average molecular weight is 380 g/mol. The highest BCUT2D eigenvalue weighted by Gasteiger charge is 2.41. The van der Waals surface area contributed by atoms with E-state index in [1.165, 1.54) is 6.20 Å². The van der Waals surface area contributed by atoms with E-state index in [9.17, 15) is 17.6 Å². The molecule has 1 aromatic rings. The van der Waals surface area contributed by atoms with Crippen molar-refractivity contribution < 1.29 is 22.3 Å². The van der Waals surface area contributed by atoms with Crippen LogP contribution in [0.5, 0.6) is 0 Å². The first-order valence-corrected chi connectivity index (χ1v) is 10.3. The number of methoxy groups -OCH3 is 1. The molecular formula is C18H21FN2O4S. The van der Waals surface area contributed by atoms with Gasteiger partial charge in [-0.2, -0.15) is 0 Å². The summed E-state index contributed by atoms with van der Waals surface area (Å²) < 4.78 is 45.1. The Hall–Kier alpha value is -2.09. The van der Waals surface area contributed by atoms with Gasteiger partial charge in [-0.3, -0.25) is 0 Å². The van der Waals surface area contributed by atoms with Gasteiger partial charge in [0.2, 0.25) is 9.84 Å². The lowest BCUT2D eigenvalue weighted by molar-refractivity contribution is -0.135. The van der Waals surface area contributed by atoms with Crippen molar-refractivity contribution in [2.75, 3.05) is 30.0 Å². The van der Waals surface area contributed by atoms with E-state index in [4.69, 9.17) is 0 Å². The number of piperidine rings is 1. The fourth-order valence-corrected chi connectivity index (χ4v) is 5.12. The number of anilines is 2. The van der Waals surface area contributed by atoms with Crippen molar-refractivity contribution in [2.45, 2.75) is 43.0 Å². The molecule has 8 heteroatoms. The molecule has 0 radical (unpaired) electrons. The van der Waals surface area contributed by atoms with Crippen LogP contribution in [0.2, 0.25) is 0 Å². The monoisotopic (exact) mass is 380 g/mol. The Morgan fingerprint density at radius 2 is 1.85 bits per heavy atom. The topological polar surface area (TPSA) is 66.9 Å². The maximum absolute atomic E-state index is 14.8. The SMILES string of the molecule is COC(=O)C1=CN(C2CC2)c2cc(N3CCCCC3)c(F)cc2S1(=O)=O. The molecule has 1 saturated carbocycles. The lowest BCUT2D eigenvalue weighted by Crippen LogP contribution is -2.33. The molecule has 1 aromatic carbocycles. The standard InChI is InChI=1S/C18H21FN2O4S/c1-25-18(22)17-11-21(12-5-6-12)15-10-14(20-7-3-2-4-8-20)13(19)9-16(15)26(17,23)24/h9-12H,2-8H2,1H3. The van der Waals surface area contributed by atoms with Crippen molar-refractivity contribution in [2.24, 2.45) is 0 Å². The first-order valence-electron chi connectivity index (χ1n) is 8.85. The zero-order chi connectivity index (χ0) is 18.5. The number of halogens is 1. The lowest BCUT2D eigenvalue weighted by atomic mass is 10.1. The number of ether oxygens (including phenoxy) is 1. The molecule has 0 spiro atoms. The van der Waals surface area contributed by atoms with Gasteiger partial charge < -0.3 is 14.5 Å². The Morgan fingerprint density at radius 3 is 2.46 bits per heavy atom. The first-order chi connectivity index (χ1) is 12.4. The Kier molecular flexibility index (Phi) is 4.17. The number of sulfone groups is 1. The van der Waals surface area contributed by atoms with Crippen LogP contribution in [0.3, 0.4) is 0 Å². The van der Waals surface area contributed by atoms with Gasteiger partial charge in [0.1, 0.15) is 5.82 Å². The molecule has 0 atom stereocenters. The van der Waals surface area contributed by atoms with Crippen LogP contribution in [0.25, 0.3) is 0 Å². The van der Waals surface area contributed by atoms with Crippen LogP contribution >= 0.6 is 0 Å². The first kappa shape index (κ1) is 17.3. The fourth-order valence-electron chi connectivity index (χ4n) is 3.63. The third-order valence-corrected chi connectivity index (χ3v) is 6.92. The molecule has 4 rings (SSSR count). The van der Waals surface area contributed by atoms with Crippen LogP contribution in [0.15, 0.2) is 28.1 Å². The summed E-state index contributed by atoms with van der Waals surface area (Å²) in [5.41, 5.74) is 0.876. The summed E-state index contributed by atoms with van der Waals surface area (Å²) in [6, 6.07) is 2.81. The summed E-state index contributed by atoms with van der Waals surface area (Å²) in [5.74, 6) is -1.50. The Labute approximate surface area is 152 Å². The van der Waals surface area contributed by atoms with Crippen molar-refractivity contribution in [3.05, 3.63) is 29.1 Å². The van der Waals surface area contributed by atoms with Gasteiger partial charge in [0.15, 0.2) is 4.91 Å². The van der Waals surface area contributed by atoms with E-state index in [2.05, 4.69) is 4.74 Å². The summed E-state index contributed by atoms with van der Waals surface area (Å²) in [5, 5.41) is 0. The average Bonchev–Trinajstić information content (AvgIpc) is 3.47. The smallest absolute Gasteiger partial charge is 0.351 e. The van der Waals surface area contributed by atoms with E-state index in [0.717, 1.165) is 58.4 Å². The minimum Gasteiger partial charge on any atom is -0.465 e. The highest BCUT2D eigenvalue weighted by Crippen LogP contribution is 2.44. The summed E-state index contributed by atoms with van der Waals surface area (Å²) in [7, 11) is -2.98. The number of benzene rings is 1. The van der Waals surface area contributed by atoms with Gasteiger partial charge in [0, 0.05) is 25.3 Å². The minimum atomic E-state index is -4.12. The third-order valence-electron chi connectivity index (χ3n) is 5.17. The van der Waals surface area contributed by atoms with E-state index in [0.29, 0.717) is 11.4 Å². The number of fused-ring (bicyclic) bond motifs is 1. The number of carbonyl (C=O) groups is 1. The van der Waals surface area contributed by atoms with Crippen LogP contribution in [0.1, 0.15) is 32.1 Å². The van der Waals surface area contributed by atoms with Gasteiger partial charge in [-0.15, -0.1) is 0 Å². The summed E-state index contributed by atoms with van der Waals surface area (Å²) in [6.45, 7) is 1.52. The summed E-state index contributed by atoms with van der Waals surface area (Å²) >= 11 is 0. The number of carbonyl (C=O) groups excluding carboxylic acids is 1. The largest absolute Gasteiger partial charge is 0.465 e. The highest BCUT2D eigenvalue weighted by atomic mass is 32.2. The normalized spacial score (nSPS) is 21.8. The molecule has 1 saturated heterocycles. The third kappa shape index (κ3) is 2.76. The summed E-state index contributed by atoms with van der Waals surface area (Å²) in [6.07, 6.45) is 6.26. The summed E-state index contributed by atoms with van der Waals surface area (Å²) in [4.78, 5) is 15.1. The van der Waals surface area contributed by atoms with Crippen LogP contribution in [0.4, 0.5) is 15.8 Å². The van der Waals surface area contributed by atoms with Crippen molar-refractivity contribution in [1.82, 2.24) is 0 Å². The van der Waals surface area contributed by atoms with Gasteiger partial charge in [0.25, 0.3) is 0 Å². The molecule has 0 amide bonds. The molecule has 2 fully saturated rings. The molecule has 3 aliphatic rings. The maximum atomic E-state index is 14.8. The second kappa shape index (κ2) is 6.26. The van der Waals surface area contributed by atoms with Crippen LogP contribution in [0, 0.1) is 5.82 Å².